The monoisotopic (exact) mass is 285 g/mol. The molecule has 108 valence electrons. The zero-order chi connectivity index (χ0) is 15.4. The molecule has 2 aromatic rings. The van der Waals surface area contributed by atoms with Crippen LogP contribution in [0.3, 0.4) is 0 Å². The normalized spacial score (nSPS) is 10.1. The summed E-state index contributed by atoms with van der Waals surface area (Å²) in [6.45, 7) is 1.69. The van der Waals surface area contributed by atoms with E-state index < -0.39 is 5.97 Å². The molecule has 0 atom stereocenters. The van der Waals surface area contributed by atoms with Crippen molar-refractivity contribution >= 4 is 17.6 Å². The predicted molar refractivity (Wildman–Crippen MR) is 78.6 cm³/mol. The highest BCUT2D eigenvalue weighted by Crippen LogP contribution is 2.18. The summed E-state index contributed by atoms with van der Waals surface area (Å²) in [7, 11) is 0. The smallest absolute Gasteiger partial charge is 0.336 e. The van der Waals surface area contributed by atoms with Crippen molar-refractivity contribution in [3.8, 4) is 5.75 Å². The Kier molecular flexibility index (Phi) is 4.23. The van der Waals surface area contributed by atoms with E-state index in [1.165, 1.54) is 12.1 Å². The summed E-state index contributed by atoms with van der Waals surface area (Å²) in [6.07, 6.45) is 0.0168. The van der Waals surface area contributed by atoms with Crippen molar-refractivity contribution < 1.29 is 19.8 Å². The first-order valence-electron chi connectivity index (χ1n) is 6.38. The van der Waals surface area contributed by atoms with Crippen molar-refractivity contribution in [2.75, 3.05) is 5.32 Å². The Hall–Kier alpha value is -2.82. The van der Waals surface area contributed by atoms with Gasteiger partial charge in [0.15, 0.2) is 0 Å². The molecule has 0 aromatic heterocycles. The van der Waals surface area contributed by atoms with E-state index in [4.69, 9.17) is 5.11 Å². The molecule has 3 N–H and O–H groups in total. The third-order valence-corrected chi connectivity index (χ3v) is 3.09. The number of carbonyl (C=O) groups excluding carboxylic acids is 1. The second kappa shape index (κ2) is 6.09. The van der Waals surface area contributed by atoms with Gasteiger partial charge >= 0.3 is 5.97 Å². The molecule has 0 aliphatic rings. The van der Waals surface area contributed by atoms with Crippen molar-refractivity contribution in [1.29, 1.82) is 0 Å². The summed E-state index contributed by atoms with van der Waals surface area (Å²) in [5.41, 5.74) is 1.70. The summed E-state index contributed by atoms with van der Waals surface area (Å²) in [6, 6.07) is 11.3. The number of hydrogen-bond acceptors (Lipinski definition) is 3. The van der Waals surface area contributed by atoms with Gasteiger partial charge in [-0.3, -0.25) is 4.79 Å². The van der Waals surface area contributed by atoms with Crippen molar-refractivity contribution in [2.24, 2.45) is 0 Å². The lowest BCUT2D eigenvalue weighted by molar-refractivity contribution is -0.115. The number of aromatic carboxylic acids is 1. The van der Waals surface area contributed by atoms with Crippen LogP contribution in [-0.4, -0.2) is 22.1 Å². The number of carbonyl (C=O) groups is 2. The van der Waals surface area contributed by atoms with Gasteiger partial charge in [-0.1, -0.05) is 24.3 Å². The number of nitrogens with one attached hydrogen (secondary N) is 1. The molecule has 0 radical (unpaired) electrons. The largest absolute Gasteiger partial charge is 0.508 e. The van der Waals surface area contributed by atoms with E-state index in [0.717, 1.165) is 0 Å². The first-order chi connectivity index (χ1) is 9.97. The molecule has 0 aliphatic heterocycles. The third kappa shape index (κ3) is 3.60. The topological polar surface area (TPSA) is 86.6 Å². The molecule has 1 amide bonds. The molecule has 5 heteroatoms. The van der Waals surface area contributed by atoms with Crippen LogP contribution in [0.25, 0.3) is 0 Å². The lowest BCUT2D eigenvalue weighted by atomic mass is 10.1. The Morgan fingerprint density at radius 2 is 1.86 bits per heavy atom. The van der Waals surface area contributed by atoms with E-state index in [1.54, 1.807) is 37.3 Å². The molecular weight excluding hydrogens is 270 g/mol. The van der Waals surface area contributed by atoms with Crippen LogP contribution < -0.4 is 5.32 Å². The molecule has 2 aromatic carbocycles. The SMILES string of the molecule is Cc1ccc(NC(=O)Cc2ccccc2O)cc1C(=O)O. The fourth-order valence-corrected chi connectivity index (χ4v) is 1.97. The molecule has 0 aliphatic carbocycles. The maximum absolute atomic E-state index is 11.9. The highest BCUT2D eigenvalue weighted by Gasteiger charge is 2.11. The van der Waals surface area contributed by atoms with Crippen molar-refractivity contribution in [2.45, 2.75) is 13.3 Å². The van der Waals surface area contributed by atoms with Gasteiger partial charge in [-0.2, -0.15) is 0 Å². The molecular formula is C16H15NO4. The number of carboxylic acids is 1. The Labute approximate surface area is 121 Å². The molecule has 5 nitrogen and oxygen atoms in total. The highest BCUT2D eigenvalue weighted by atomic mass is 16.4. The quantitative estimate of drug-likeness (QED) is 0.805. The van der Waals surface area contributed by atoms with Crippen LogP contribution in [0.15, 0.2) is 42.5 Å². The minimum Gasteiger partial charge on any atom is -0.508 e. The van der Waals surface area contributed by atoms with Crippen LogP contribution in [0.1, 0.15) is 21.5 Å². The number of phenolic OH excluding ortho intramolecular Hbond substituents is 1. The summed E-state index contributed by atoms with van der Waals surface area (Å²) >= 11 is 0. The van der Waals surface area contributed by atoms with Crippen LogP contribution in [-0.2, 0) is 11.2 Å². The fourth-order valence-electron chi connectivity index (χ4n) is 1.97. The standard InChI is InChI=1S/C16H15NO4/c1-10-6-7-12(9-13(10)16(20)21)17-15(19)8-11-4-2-3-5-14(11)18/h2-7,9,18H,8H2,1H3,(H,17,19)(H,20,21). The zero-order valence-electron chi connectivity index (χ0n) is 11.5. The van der Waals surface area contributed by atoms with Gasteiger partial charge < -0.3 is 15.5 Å². The van der Waals surface area contributed by atoms with Crippen LogP contribution >= 0.6 is 0 Å². The number of rotatable bonds is 4. The van der Waals surface area contributed by atoms with Gasteiger partial charge in [0.25, 0.3) is 0 Å². The summed E-state index contributed by atoms with van der Waals surface area (Å²) in [5, 5.41) is 21.3. The van der Waals surface area contributed by atoms with Crippen LogP contribution in [0.5, 0.6) is 5.75 Å². The molecule has 0 unspecified atom stereocenters. The number of hydrogen-bond donors (Lipinski definition) is 3. The van der Waals surface area contributed by atoms with Crippen LogP contribution in [0.2, 0.25) is 0 Å². The van der Waals surface area contributed by atoms with E-state index >= 15 is 0 Å². The first kappa shape index (κ1) is 14.6. The van der Waals surface area contributed by atoms with E-state index in [-0.39, 0.29) is 23.6 Å². The third-order valence-electron chi connectivity index (χ3n) is 3.09. The molecule has 0 heterocycles. The summed E-state index contributed by atoms with van der Waals surface area (Å²) in [5.74, 6) is -1.30. The second-order valence-electron chi connectivity index (χ2n) is 4.69. The van der Waals surface area contributed by atoms with Gasteiger partial charge in [-0.15, -0.1) is 0 Å². The van der Waals surface area contributed by atoms with Crippen LogP contribution in [0, 0.1) is 6.92 Å². The number of anilines is 1. The maximum Gasteiger partial charge on any atom is 0.336 e. The van der Waals surface area contributed by atoms with Crippen molar-refractivity contribution in [3.63, 3.8) is 0 Å². The minimum atomic E-state index is -1.04. The Bertz CT molecular complexity index is 694. The number of benzene rings is 2. The van der Waals surface area contributed by atoms with Gasteiger partial charge in [0.2, 0.25) is 5.91 Å². The van der Waals surface area contributed by atoms with Crippen molar-refractivity contribution in [1.82, 2.24) is 0 Å². The molecule has 0 spiro atoms. The molecule has 0 saturated heterocycles. The van der Waals surface area contributed by atoms with Crippen LogP contribution in [0.4, 0.5) is 5.69 Å². The molecule has 2 rings (SSSR count). The minimum absolute atomic E-state index is 0.0168. The summed E-state index contributed by atoms with van der Waals surface area (Å²) < 4.78 is 0. The summed E-state index contributed by atoms with van der Waals surface area (Å²) in [4.78, 5) is 23.0. The Morgan fingerprint density at radius 1 is 1.14 bits per heavy atom. The number of aromatic hydroxyl groups is 1. The molecule has 0 fully saturated rings. The van der Waals surface area contributed by atoms with E-state index in [2.05, 4.69) is 5.32 Å². The highest BCUT2D eigenvalue weighted by molar-refractivity contribution is 5.95. The Morgan fingerprint density at radius 3 is 2.52 bits per heavy atom. The van der Waals surface area contributed by atoms with Crippen molar-refractivity contribution in [3.05, 3.63) is 59.2 Å². The average molecular weight is 285 g/mol. The lowest BCUT2D eigenvalue weighted by Crippen LogP contribution is -2.15. The van der Waals surface area contributed by atoms with E-state index in [9.17, 15) is 14.7 Å². The van der Waals surface area contributed by atoms with E-state index in [0.29, 0.717) is 16.8 Å². The van der Waals surface area contributed by atoms with Gasteiger partial charge in [0, 0.05) is 11.3 Å². The molecule has 0 saturated carbocycles. The molecule has 0 bridgehead atoms. The predicted octanol–water partition coefficient (Wildman–Crippen LogP) is 2.58. The second-order valence-corrected chi connectivity index (χ2v) is 4.69. The number of phenols is 1. The van der Waals surface area contributed by atoms with Gasteiger partial charge in [-0.25, -0.2) is 4.79 Å². The lowest BCUT2D eigenvalue weighted by Gasteiger charge is -2.08. The average Bonchev–Trinajstić information content (AvgIpc) is 2.43. The molecule has 21 heavy (non-hydrogen) atoms. The van der Waals surface area contributed by atoms with Gasteiger partial charge in [0.05, 0.1) is 12.0 Å². The maximum atomic E-state index is 11.9. The number of aryl methyl sites for hydroxylation is 1. The van der Waals surface area contributed by atoms with Gasteiger partial charge in [-0.05, 0) is 30.7 Å². The number of amides is 1. The number of para-hydroxylation sites is 1. The van der Waals surface area contributed by atoms with E-state index in [1.807, 2.05) is 0 Å². The zero-order valence-corrected chi connectivity index (χ0v) is 11.5. The first-order valence-corrected chi connectivity index (χ1v) is 6.38. The van der Waals surface area contributed by atoms with Gasteiger partial charge in [0.1, 0.15) is 5.75 Å². The number of carboxylic acid groups (broad SMARTS) is 1. The fraction of sp³-hybridized carbons (Fsp3) is 0.125. The Balaban J connectivity index is 2.12.